The fourth-order valence-corrected chi connectivity index (χ4v) is 1.64. The summed E-state index contributed by atoms with van der Waals surface area (Å²) in [5.74, 6) is 1.34. The van der Waals surface area contributed by atoms with Gasteiger partial charge in [-0.2, -0.15) is 15.1 Å². The van der Waals surface area contributed by atoms with Crippen LogP contribution < -0.4 is 5.32 Å². The minimum atomic E-state index is 0.577. The van der Waals surface area contributed by atoms with Crippen molar-refractivity contribution < 1.29 is 0 Å². The van der Waals surface area contributed by atoms with Gasteiger partial charge in [-0.05, 0) is 6.92 Å². The number of anilines is 1. The van der Waals surface area contributed by atoms with Gasteiger partial charge >= 0.3 is 0 Å². The van der Waals surface area contributed by atoms with Gasteiger partial charge in [0, 0.05) is 18.9 Å². The summed E-state index contributed by atoms with van der Waals surface area (Å²) in [7, 11) is 0. The van der Waals surface area contributed by atoms with Crippen LogP contribution in [0, 0.1) is 0 Å². The van der Waals surface area contributed by atoms with Gasteiger partial charge < -0.3 is 5.32 Å². The van der Waals surface area contributed by atoms with Crippen molar-refractivity contribution in [3.8, 4) is 5.82 Å². The van der Waals surface area contributed by atoms with Crippen molar-refractivity contribution in [2.75, 3.05) is 11.9 Å². The summed E-state index contributed by atoms with van der Waals surface area (Å²) in [4.78, 5) is 12.8. The molecular weight excluding hydrogens is 218 g/mol. The smallest absolute Gasteiger partial charge is 0.226 e. The lowest BCUT2D eigenvalue weighted by Gasteiger charge is -2.06. The summed E-state index contributed by atoms with van der Waals surface area (Å²) < 4.78 is 1.83. The van der Waals surface area contributed by atoms with E-state index in [9.17, 15) is 0 Å². The third-order valence-electron chi connectivity index (χ3n) is 2.37. The molecule has 0 fully saturated rings. The standard InChI is InChI=1S/C10H11N7/c1-2-12-10-14-8-7(5-13-16-8)9(15-10)17-4-3-11-6-17/h3-6H,2H2,1H3,(H2,12,13,14,15,16). The lowest BCUT2D eigenvalue weighted by molar-refractivity contribution is 0.982. The molecule has 3 rings (SSSR count). The Hall–Kier alpha value is -2.44. The maximum absolute atomic E-state index is 4.45. The van der Waals surface area contributed by atoms with Crippen LogP contribution in [0.4, 0.5) is 5.95 Å². The number of hydrogen-bond acceptors (Lipinski definition) is 5. The third kappa shape index (κ3) is 1.61. The number of fused-ring (bicyclic) bond motifs is 1. The number of aromatic nitrogens is 6. The molecule has 0 saturated heterocycles. The molecule has 7 nitrogen and oxygen atoms in total. The van der Waals surface area contributed by atoms with E-state index in [-0.39, 0.29) is 0 Å². The van der Waals surface area contributed by atoms with Gasteiger partial charge in [0.25, 0.3) is 0 Å². The SMILES string of the molecule is CCNc1nc(-n2ccnc2)c2cn[nH]c2n1. The van der Waals surface area contributed by atoms with Gasteiger partial charge in [-0.15, -0.1) is 0 Å². The maximum atomic E-state index is 4.45. The summed E-state index contributed by atoms with van der Waals surface area (Å²) in [6, 6.07) is 0. The van der Waals surface area contributed by atoms with Crippen LogP contribution in [0.3, 0.4) is 0 Å². The van der Waals surface area contributed by atoms with E-state index in [1.807, 2.05) is 17.7 Å². The molecule has 7 heteroatoms. The molecule has 17 heavy (non-hydrogen) atoms. The highest BCUT2D eigenvalue weighted by Crippen LogP contribution is 2.18. The van der Waals surface area contributed by atoms with Gasteiger partial charge in [-0.25, -0.2) is 4.98 Å². The highest BCUT2D eigenvalue weighted by Gasteiger charge is 2.10. The van der Waals surface area contributed by atoms with Crippen LogP contribution >= 0.6 is 0 Å². The van der Waals surface area contributed by atoms with Crippen LogP contribution in [0.25, 0.3) is 16.9 Å². The van der Waals surface area contributed by atoms with E-state index < -0.39 is 0 Å². The second-order valence-corrected chi connectivity index (χ2v) is 3.50. The van der Waals surface area contributed by atoms with Gasteiger partial charge in [0.15, 0.2) is 11.5 Å². The molecule has 2 N–H and O–H groups in total. The Morgan fingerprint density at radius 3 is 3.12 bits per heavy atom. The average Bonchev–Trinajstić information content (AvgIpc) is 2.99. The number of hydrogen-bond donors (Lipinski definition) is 2. The van der Waals surface area contributed by atoms with Crippen molar-refractivity contribution >= 4 is 17.0 Å². The number of imidazole rings is 1. The molecule has 0 amide bonds. The summed E-state index contributed by atoms with van der Waals surface area (Å²) in [5, 5.41) is 10.8. The average molecular weight is 229 g/mol. The number of nitrogens with one attached hydrogen (secondary N) is 2. The van der Waals surface area contributed by atoms with Crippen LogP contribution in [0.1, 0.15) is 6.92 Å². The Bertz CT molecular complexity index is 625. The fourth-order valence-electron chi connectivity index (χ4n) is 1.64. The van der Waals surface area contributed by atoms with E-state index in [2.05, 4.69) is 30.5 Å². The lowest BCUT2D eigenvalue weighted by Crippen LogP contribution is -2.05. The Morgan fingerprint density at radius 1 is 1.41 bits per heavy atom. The van der Waals surface area contributed by atoms with E-state index in [0.29, 0.717) is 11.6 Å². The summed E-state index contributed by atoms with van der Waals surface area (Å²) >= 11 is 0. The van der Waals surface area contributed by atoms with Gasteiger partial charge in [0.1, 0.15) is 6.33 Å². The van der Waals surface area contributed by atoms with Crippen LogP contribution in [0.2, 0.25) is 0 Å². The molecule has 3 heterocycles. The van der Waals surface area contributed by atoms with Crippen molar-refractivity contribution in [2.24, 2.45) is 0 Å². The molecular formula is C10H11N7. The monoisotopic (exact) mass is 229 g/mol. The number of H-pyrrole nitrogens is 1. The zero-order valence-electron chi connectivity index (χ0n) is 9.25. The Kier molecular flexibility index (Phi) is 2.21. The van der Waals surface area contributed by atoms with E-state index in [1.165, 1.54) is 0 Å². The minimum Gasteiger partial charge on any atom is -0.354 e. The normalized spacial score (nSPS) is 10.9. The van der Waals surface area contributed by atoms with E-state index in [0.717, 1.165) is 17.7 Å². The Labute approximate surface area is 96.9 Å². The Balaban J connectivity index is 2.23. The molecule has 0 aliphatic carbocycles. The zero-order chi connectivity index (χ0) is 11.7. The van der Waals surface area contributed by atoms with Crippen molar-refractivity contribution in [1.29, 1.82) is 0 Å². The van der Waals surface area contributed by atoms with E-state index in [1.54, 1.807) is 18.7 Å². The molecule has 0 atom stereocenters. The second kappa shape index (κ2) is 3.85. The van der Waals surface area contributed by atoms with Crippen molar-refractivity contribution in [1.82, 2.24) is 29.7 Å². The zero-order valence-corrected chi connectivity index (χ0v) is 9.25. The van der Waals surface area contributed by atoms with Gasteiger partial charge in [0.05, 0.1) is 11.6 Å². The van der Waals surface area contributed by atoms with E-state index >= 15 is 0 Å². The topological polar surface area (TPSA) is 84.3 Å². The van der Waals surface area contributed by atoms with Gasteiger partial charge in [0.2, 0.25) is 5.95 Å². The minimum absolute atomic E-state index is 0.577. The molecule has 0 saturated carbocycles. The highest BCUT2D eigenvalue weighted by molar-refractivity contribution is 5.82. The molecule has 0 unspecified atom stereocenters. The van der Waals surface area contributed by atoms with E-state index in [4.69, 9.17) is 0 Å². The van der Waals surface area contributed by atoms with Crippen LogP contribution in [-0.4, -0.2) is 36.3 Å². The molecule has 0 spiro atoms. The van der Waals surface area contributed by atoms with Gasteiger partial charge in [-0.3, -0.25) is 9.67 Å². The quantitative estimate of drug-likeness (QED) is 0.699. The predicted octanol–water partition coefficient (Wildman–Crippen LogP) is 0.970. The maximum Gasteiger partial charge on any atom is 0.226 e. The number of nitrogens with zero attached hydrogens (tertiary/aromatic N) is 5. The van der Waals surface area contributed by atoms with Crippen molar-refractivity contribution in [2.45, 2.75) is 6.92 Å². The molecule has 0 bridgehead atoms. The Morgan fingerprint density at radius 2 is 2.35 bits per heavy atom. The molecule has 0 aliphatic rings. The summed E-state index contributed by atoms with van der Waals surface area (Å²) in [5.41, 5.74) is 0.708. The highest BCUT2D eigenvalue weighted by atomic mass is 15.2. The fraction of sp³-hybridized carbons (Fsp3) is 0.200. The van der Waals surface area contributed by atoms with Crippen molar-refractivity contribution in [3.63, 3.8) is 0 Å². The first-order chi connectivity index (χ1) is 8.38. The first-order valence-electron chi connectivity index (χ1n) is 5.32. The lowest BCUT2D eigenvalue weighted by atomic mass is 10.4. The van der Waals surface area contributed by atoms with Gasteiger partial charge in [-0.1, -0.05) is 0 Å². The molecule has 0 radical (unpaired) electrons. The third-order valence-corrected chi connectivity index (χ3v) is 2.37. The first-order valence-corrected chi connectivity index (χ1v) is 5.32. The molecule has 3 aromatic heterocycles. The number of aromatic amines is 1. The molecule has 0 aliphatic heterocycles. The molecule has 0 aromatic carbocycles. The van der Waals surface area contributed by atoms with Crippen LogP contribution in [-0.2, 0) is 0 Å². The van der Waals surface area contributed by atoms with Crippen molar-refractivity contribution in [3.05, 3.63) is 24.9 Å². The summed E-state index contributed by atoms with van der Waals surface area (Å²) in [6.45, 7) is 2.76. The molecule has 3 aromatic rings. The summed E-state index contributed by atoms with van der Waals surface area (Å²) in [6.07, 6.45) is 6.95. The van der Waals surface area contributed by atoms with Crippen LogP contribution in [0.15, 0.2) is 24.9 Å². The molecule has 86 valence electrons. The largest absolute Gasteiger partial charge is 0.354 e. The number of rotatable bonds is 3. The van der Waals surface area contributed by atoms with Crippen LogP contribution in [0.5, 0.6) is 0 Å². The predicted molar refractivity (Wildman–Crippen MR) is 63.0 cm³/mol. The second-order valence-electron chi connectivity index (χ2n) is 3.50. The first kappa shape index (κ1) is 9.76.